The molecule has 0 bridgehead atoms. The highest BCUT2D eigenvalue weighted by Crippen LogP contribution is 2.39. The molecule has 31 atom stereocenters. The van der Waals surface area contributed by atoms with Crippen LogP contribution >= 0.6 is 0 Å². The van der Waals surface area contributed by atoms with Gasteiger partial charge in [-0.05, 0) is 6.92 Å². The number of aliphatic carboxylic acids is 1. The van der Waals surface area contributed by atoms with Crippen molar-refractivity contribution in [2.45, 2.75) is 217 Å². The number of rotatable bonds is 20. The molecule has 78 heavy (non-hydrogen) atoms. The molecule has 0 radical (unpaired) electrons. The molecular weight excluding hydrogens is 1070 g/mol. The summed E-state index contributed by atoms with van der Waals surface area (Å²) >= 11 is 0. The van der Waals surface area contributed by atoms with Gasteiger partial charge in [0.15, 0.2) is 31.5 Å². The van der Waals surface area contributed by atoms with Gasteiger partial charge in [0.05, 0.1) is 51.3 Å². The number of nitrogens with one attached hydrogen (secondary N) is 2. The third-order valence-corrected chi connectivity index (χ3v) is 14.2. The van der Waals surface area contributed by atoms with Crippen LogP contribution in [0.3, 0.4) is 0 Å². The maximum atomic E-state index is 13.2. The highest BCUT2D eigenvalue weighted by molar-refractivity contribution is 5.76. The average molecular weight is 1150 g/mol. The van der Waals surface area contributed by atoms with E-state index in [1.807, 2.05) is 0 Å². The Morgan fingerprint density at radius 3 is 1.64 bits per heavy atom. The molecule has 0 aromatic heterocycles. The highest BCUT2D eigenvalue weighted by atomic mass is 16.8. The smallest absolute Gasteiger partial charge is 0.364 e. The number of hydrogen-bond acceptors (Lipinski definition) is 32. The first-order valence-corrected chi connectivity index (χ1v) is 24.6. The summed E-state index contributed by atoms with van der Waals surface area (Å²) in [5, 5.41) is 209. The molecule has 6 aliphatic rings. The van der Waals surface area contributed by atoms with Crippen molar-refractivity contribution in [2.75, 3.05) is 33.0 Å². The van der Waals surface area contributed by atoms with Crippen molar-refractivity contribution >= 4 is 17.8 Å². The van der Waals surface area contributed by atoms with E-state index in [0.717, 1.165) is 13.8 Å². The molecule has 0 saturated carbocycles. The lowest BCUT2D eigenvalue weighted by molar-refractivity contribution is -0.392. The summed E-state index contributed by atoms with van der Waals surface area (Å²) in [6, 6.07) is -3.69. The minimum atomic E-state index is -3.13. The molecule has 0 spiro atoms. The fraction of sp³-hybridized carbons (Fsp3) is 0.930. The molecule has 452 valence electrons. The minimum absolute atomic E-state index is 0.835. The van der Waals surface area contributed by atoms with Gasteiger partial charge in [-0.15, -0.1) is 0 Å². The van der Waals surface area contributed by atoms with E-state index in [1.165, 1.54) is 6.92 Å². The largest absolute Gasteiger partial charge is 0.477 e. The van der Waals surface area contributed by atoms with E-state index >= 15 is 0 Å². The summed E-state index contributed by atoms with van der Waals surface area (Å²) < 4.78 is 63.3. The van der Waals surface area contributed by atoms with Crippen molar-refractivity contribution in [3.63, 3.8) is 0 Å². The Hall–Kier alpha value is -2.75. The van der Waals surface area contributed by atoms with Gasteiger partial charge in [-0.25, -0.2) is 4.79 Å². The van der Waals surface area contributed by atoms with Crippen LogP contribution in [0.4, 0.5) is 0 Å². The maximum absolute atomic E-state index is 13.2. The third-order valence-electron chi connectivity index (χ3n) is 14.2. The number of ether oxygens (including phenoxy) is 11. The highest BCUT2D eigenvalue weighted by Gasteiger charge is 2.60. The second-order valence-corrected chi connectivity index (χ2v) is 19.7. The first kappa shape index (κ1) is 64.4. The van der Waals surface area contributed by atoms with Gasteiger partial charge < -0.3 is 160 Å². The number of amides is 2. The number of aliphatic hydroxyl groups excluding tert-OH is 18. The van der Waals surface area contributed by atoms with E-state index in [-0.39, 0.29) is 0 Å². The van der Waals surface area contributed by atoms with E-state index in [9.17, 15) is 111 Å². The first-order valence-electron chi connectivity index (χ1n) is 24.6. The lowest BCUT2D eigenvalue weighted by atomic mass is 9.88. The van der Waals surface area contributed by atoms with Crippen molar-refractivity contribution in [3.8, 4) is 0 Å². The average Bonchev–Trinajstić information content (AvgIpc) is 3.40. The molecule has 6 fully saturated rings. The standard InChI is InChI=1S/C43H72N2O33/c1-10-21(54)26(59)30(63)39(69-10)77-36-27(60)23(56)15(6-47)72-41(36)75-33-20(45-12(3)51)38(76-35-24(57)16(7-48)71-40(31(35)64)74-32-17(8-49)70-37(65)29(62)28(32)61)73-18(25(33)58)9-68-43(42(66)67)4-13(52)19(44-11(2)50)34(78-43)22(55)14(53)5-46/h10,13-41,46-49,52-65H,4-9H2,1-3H3,(H,44,50)(H,45,51)(H,66,67)/t10-,13-,14+,15+,16+,17+,18+,19+,20+,21+,22+,23-,24-,25+,26+,27-,28-,29+,30-,31+,32+,33+,34+,35-,36+,37?,38-,39-,40-,41-,43+/m0/s1. The van der Waals surface area contributed by atoms with Gasteiger partial charge in [0, 0.05) is 20.3 Å². The van der Waals surface area contributed by atoms with Gasteiger partial charge in [0.1, 0.15) is 134 Å². The molecule has 6 saturated heterocycles. The van der Waals surface area contributed by atoms with Crippen molar-refractivity contribution in [1.82, 2.24) is 10.6 Å². The second kappa shape index (κ2) is 27.1. The Kier molecular flexibility index (Phi) is 22.4. The number of carboxylic acid groups (broad SMARTS) is 1. The zero-order valence-corrected chi connectivity index (χ0v) is 41.8. The number of carbonyl (C=O) groups is 3. The molecule has 0 aromatic carbocycles. The van der Waals surface area contributed by atoms with Crippen LogP contribution in [0, 0.1) is 0 Å². The molecule has 6 aliphatic heterocycles. The van der Waals surface area contributed by atoms with Crippen LogP contribution in [0.15, 0.2) is 0 Å². The van der Waals surface area contributed by atoms with E-state index < -0.39 is 247 Å². The molecular formula is C43H72N2O33. The molecule has 6 heterocycles. The Labute approximate surface area is 441 Å². The molecule has 1 unspecified atom stereocenters. The van der Waals surface area contributed by atoms with Gasteiger partial charge in [-0.3, -0.25) is 9.59 Å². The Morgan fingerprint density at radius 2 is 1.05 bits per heavy atom. The van der Waals surface area contributed by atoms with Gasteiger partial charge in [-0.2, -0.15) is 0 Å². The van der Waals surface area contributed by atoms with Crippen LogP contribution in [0.25, 0.3) is 0 Å². The number of carbonyl (C=O) groups excluding carboxylic acids is 2. The third kappa shape index (κ3) is 13.7. The number of aliphatic hydroxyl groups is 18. The van der Waals surface area contributed by atoms with Crippen LogP contribution in [0.5, 0.6) is 0 Å². The summed E-state index contributed by atoms with van der Waals surface area (Å²) in [5.41, 5.74) is 0. The predicted octanol–water partition coefficient (Wildman–Crippen LogP) is -13.6. The molecule has 0 aliphatic carbocycles. The minimum Gasteiger partial charge on any atom is -0.477 e. The van der Waals surface area contributed by atoms with Crippen LogP contribution in [-0.4, -0.2) is 338 Å². The zero-order chi connectivity index (χ0) is 58.0. The van der Waals surface area contributed by atoms with E-state index in [0.29, 0.717) is 0 Å². The van der Waals surface area contributed by atoms with Gasteiger partial charge in [0.2, 0.25) is 11.8 Å². The van der Waals surface area contributed by atoms with E-state index in [4.69, 9.17) is 52.1 Å². The predicted molar refractivity (Wildman–Crippen MR) is 238 cm³/mol. The Morgan fingerprint density at radius 1 is 0.538 bits per heavy atom. The Balaban J connectivity index is 1.41. The zero-order valence-electron chi connectivity index (χ0n) is 41.8. The lowest BCUT2D eigenvalue weighted by Crippen LogP contribution is -2.71. The fourth-order valence-electron chi connectivity index (χ4n) is 9.83. The van der Waals surface area contributed by atoms with Gasteiger partial charge in [0.25, 0.3) is 5.79 Å². The Bertz CT molecular complexity index is 1950. The summed E-state index contributed by atoms with van der Waals surface area (Å²) in [4.78, 5) is 38.4. The van der Waals surface area contributed by atoms with Gasteiger partial charge in [-0.1, -0.05) is 0 Å². The van der Waals surface area contributed by atoms with Crippen molar-refractivity contribution in [2.24, 2.45) is 0 Å². The summed E-state index contributed by atoms with van der Waals surface area (Å²) in [7, 11) is 0. The van der Waals surface area contributed by atoms with Crippen LogP contribution in [0.2, 0.25) is 0 Å². The lowest BCUT2D eigenvalue weighted by Gasteiger charge is -2.51. The van der Waals surface area contributed by atoms with E-state index in [2.05, 4.69) is 10.6 Å². The van der Waals surface area contributed by atoms with Crippen LogP contribution in [-0.2, 0) is 66.5 Å². The monoisotopic (exact) mass is 1140 g/mol. The molecule has 2 amide bonds. The summed E-state index contributed by atoms with van der Waals surface area (Å²) in [6.07, 6.45) is -57.9. The first-order chi connectivity index (χ1) is 36.6. The van der Waals surface area contributed by atoms with Crippen LogP contribution < -0.4 is 10.6 Å². The SMILES string of the molecule is CC(=O)N[C@H]1[C@H](O[C@H]2[C@@H](O)[C@@H](CO)O[C@@H](O[C@H]3[C@@H](O)[C@@H](O)C(O)O[C@@H]3CO)[C@@H]2O)O[C@H](CO[C@]2(C(=O)O)C[C@H](O)[C@@H](NC(C)=O)[C@H]([C@H](O)[C@H](O)CO)O2)[C@@H](O)[C@@H]1O[C@@H]1O[C@H](CO)[C@H](O)[C@H](O)[C@H]1O[C@@H]1O[C@@H](C)[C@@H](O)[C@@H](O)[C@@H]1O. The fourth-order valence-corrected chi connectivity index (χ4v) is 9.83. The maximum Gasteiger partial charge on any atom is 0.364 e. The molecule has 6 rings (SSSR count). The quantitative estimate of drug-likeness (QED) is 0.0538. The van der Waals surface area contributed by atoms with Crippen molar-refractivity contribution < 1.29 is 164 Å². The molecule has 0 aromatic rings. The number of hydrogen-bond donors (Lipinski definition) is 21. The summed E-state index contributed by atoms with van der Waals surface area (Å²) in [5.74, 6) is -7.01. The normalized spacial score (nSPS) is 48.1. The topological polar surface area (TPSA) is 561 Å². The van der Waals surface area contributed by atoms with Crippen LogP contribution in [0.1, 0.15) is 27.2 Å². The molecule has 35 heteroatoms. The van der Waals surface area contributed by atoms with E-state index in [1.54, 1.807) is 0 Å². The van der Waals surface area contributed by atoms with Gasteiger partial charge >= 0.3 is 5.97 Å². The molecule has 35 nitrogen and oxygen atoms in total. The van der Waals surface area contributed by atoms with Crippen molar-refractivity contribution in [3.05, 3.63) is 0 Å². The number of carboxylic acids is 1. The van der Waals surface area contributed by atoms with Crippen molar-refractivity contribution in [1.29, 1.82) is 0 Å². The second-order valence-electron chi connectivity index (χ2n) is 19.7. The summed E-state index contributed by atoms with van der Waals surface area (Å²) in [6.45, 7) is -2.36. The molecule has 21 N–H and O–H groups in total.